The van der Waals surface area contributed by atoms with Gasteiger partial charge >= 0.3 is 0 Å². The summed E-state index contributed by atoms with van der Waals surface area (Å²) in [6.07, 6.45) is 2.87. The highest BCUT2D eigenvalue weighted by Gasteiger charge is 2.45. The number of ether oxygens (including phenoxy) is 2. The Labute approximate surface area is 145 Å². The maximum absolute atomic E-state index is 6.05. The molecule has 24 heavy (non-hydrogen) atoms. The number of hydrogen-bond donors (Lipinski definition) is 1. The molecular weight excluding hydrogens is 330 g/mol. The fraction of sp³-hybridized carbons (Fsp3) is 0.529. The summed E-state index contributed by atoms with van der Waals surface area (Å²) in [7, 11) is 0. The predicted molar refractivity (Wildman–Crippen MR) is 88.7 cm³/mol. The predicted octanol–water partition coefficient (Wildman–Crippen LogP) is 2.82. The number of nitrogens with zero attached hydrogens (tertiary/aromatic N) is 2. The van der Waals surface area contributed by atoms with Crippen molar-refractivity contribution in [3.05, 3.63) is 35.2 Å². The van der Waals surface area contributed by atoms with Crippen LogP contribution in [0, 0.1) is 0 Å². The molecule has 1 atom stereocenters. The lowest BCUT2D eigenvalue weighted by molar-refractivity contribution is -0.0887. The Balaban J connectivity index is 1.40. The van der Waals surface area contributed by atoms with Crippen molar-refractivity contribution >= 4 is 11.6 Å². The van der Waals surface area contributed by atoms with E-state index < -0.39 is 0 Å². The van der Waals surface area contributed by atoms with Crippen molar-refractivity contribution in [1.29, 1.82) is 0 Å². The van der Waals surface area contributed by atoms with Crippen molar-refractivity contribution in [2.75, 3.05) is 19.8 Å². The summed E-state index contributed by atoms with van der Waals surface area (Å²) in [4.78, 5) is 0. The first-order chi connectivity index (χ1) is 11.8. The maximum Gasteiger partial charge on any atom is 0.247 e. The molecule has 2 saturated heterocycles. The van der Waals surface area contributed by atoms with Gasteiger partial charge in [-0.25, -0.2) is 0 Å². The molecule has 0 radical (unpaired) electrons. The van der Waals surface area contributed by atoms with Crippen LogP contribution in [0.15, 0.2) is 28.7 Å². The van der Waals surface area contributed by atoms with Gasteiger partial charge in [-0.2, -0.15) is 0 Å². The molecule has 3 heterocycles. The molecule has 1 aromatic carbocycles. The molecule has 1 N–H and O–H groups in total. The van der Waals surface area contributed by atoms with E-state index in [0.29, 0.717) is 29.4 Å². The van der Waals surface area contributed by atoms with Gasteiger partial charge in [-0.3, -0.25) is 0 Å². The molecule has 2 aliphatic heterocycles. The van der Waals surface area contributed by atoms with E-state index in [4.69, 9.17) is 25.5 Å². The van der Waals surface area contributed by atoms with E-state index in [1.54, 1.807) is 0 Å². The zero-order chi connectivity index (χ0) is 16.4. The topological polar surface area (TPSA) is 69.4 Å². The minimum Gasteiger partial charge on any atom is -0.419 e. The van der Waals surface area contributed by atoms with Crippen molar-refractivity contribution < 1.29 is 13.9 Å². The van der Waals surface area contributed by atoms with Crippen molar-refractivity contribution in [3.63, 3.8) is 0 Å². The van der Waals surface area contributed by atoms with Crippen molar-refractivity contribution in [3.8, 4) is 11.5 Å². The zero-order valence-electron chi connectivity index (χ0n) is 13.3. The van der Waals surface area contributed by atoms with E-state index >= 15 is 0 Å². The Hall–Kier alpha value is -1.47. The summed E-state index contributed by atoms with van der Waals surface area (Å²) in [5.41, 5.74) is 0.764. The van der Waals surface area contributed by atoms with Gasteiger partial charge in [0, 0.05) is 49.3 Å². The molecule has 0 amide bonds. The second-order valence-electron chi connectivity index (χ2n) is 6.26. The third-order valence-electron chi connectivity index (χ3n) is 4.83. The van der Waals surface area contributed by atoms with Gasteiger partial charge in [-0.05, 0) is 30.7 Å². The van der Waals surface area contributed by atoms with Crippen molar-refractivity contribution in [1.82, 2.24) is 15.5 Å². The molecule has 2 fully saturated rings. The molecule has 0 aliphatic carbocycles. The molecule has 2 aromatic rings. The summed E-state index contributed by atoms with van der Waals surface area (Å²) in [6, 6.07) is 7.66. The molecule has 0 saturated carbocycles. The van der Waals surface area contributed by atoms with Gasteiger partial charge in [-0.15, -0.1) is 10.2 Å². The average Bonchev–Trinajstić information content (AvgIpc) is 3.22. The van der Waals surface area contributed by atoms with Crippen LogP contribution in [0.3, 0.4) is 0 Å². The summed E-state index contributed by atoms with van der Waals surface area (Å²) in [5.74, 6) is 1.08. The number of hydrogen-bond acceptors (Lipinski definition) is 6. The van der Waals surface area contributed by atoms with Gasteiger partial charge in [0.1, 0.15) is 0 Å². The molecular formula is C17H20ClN3O3. The molecule has 6 nitrogen and oxygen atoms in total. The highest BCUT2D eigenvalue weighted by Crippen LogP contribution is 2.35. The summed E-state index contributed by atoms with van der Waals surface area (Å²) in [5, 5.41) is 12.5. The highest BCUT2D eigenvalue weighted by atomic mass is 35.5. The van der Waals surface area contributed by atoms with Crippen molar-refractivity contribution in [2.24, 2.45) is 0 Å². The van der Waals surface area contributed by atoms with Crippen LogP contribution in [0.2, 0.25) is 5.02 Å². The first-order valence-electron chi connectivity index (χ1n) is 8.29. The van der Waals surface area contributed by atoms with E-state index in [9.17, 15) is 0 Å². The molecule has 1 aromatic heterocycles. The highest BCUT2D eigenvalue weighted by molar-refractivity contribution is 6.30. The van der Waals surface area contributed by atoms with E-state index in [1.807, 2.05) is 24.3 Å². The van der Waals surface area contributed by atoms with E-state index in [-0.39, 0.29) is 5.60 Å². The second-order valence-corrected chi connectivity index (χ2v) is 6.69. The minimum absolute atomic E-state index is 0.0999. The van der Waals surface area contributed by atoms with Crippen LogP contribution in [-0.2, 0) is 16.0 Å². The largest absolute Gasteiger partial charge is 0.419 e. The molecule has 128 valence electrons. The quantitative estimate of drug-likeness (QED) is 0.915. The number of rotatable bonds is 4. The monoisotopic (exact) mass is 349 g/mol. The van der Waals surface area contributed by atoms with Gasteiger partial charge in [0.15, 0.2) is 0 Å². The first-order valence-corrected chi connectivity index (χ1v) is 8.66. The van der Waals surface area contributed by atoms with Crippen LogP contribution in [0.5, 0.6) is 0 Å². The van der Waals surface area contributed by atoms with E-state index in [0.717, 1.165) is 44.6 Å². The average molecular weight is 350 g/mol. The van der Waals surface area contributed by atoms with Gasteiger partial charge in [0.2, 0.25) is 11.8 Å². The zero-order valence-corrected chi connectivity index (χ0v) is 14.1. The minimum atomic E-state index is -0.0999. The molecule has 0 bridgehead atoms. The van der Waals surface area contributed by atoms with Crippen LogP contribution in [0.1, 0.15) is 25.2 Å². The summed E-state index contributed by atoms with van der Waals surface area (Å²) < 4.78 is 17.3. The van der Waals surface area contributed by atoms with Crippen LogP contribution >= 0.6 is 11.6 Å². The molecule has 2 aliphatic rings. The summed E-state index contributed by atoms with van der Waals surface area (Å²) >= 11 is 5.90. The van der Waals surface area contributed by atoms with Gasteiger partial charge in [-0.1, -0.05) is 11.6 Å². The van der Waals surface area contributed by atoms with Gasteiger partial charge in [0.25, 0.3) is 0 Å². The van der Waals surface area contributed by atoms with Gasteiger partial charge in [0.05, 0.1) is 12.1 Å². The Bertz CT molecular complexity index is 683. The third kappa shape index (κ3) is 3.19. The normalized spacial score (nSPS) is 23.0. The number of aromatic nitrogens is 2. The molecule has 7 heteroatoms. The second kappa shape index (κ2) is 6.80. The Morgan fingerprint density at radius 2 is 1.92 bits per heavy atom. The van der Waals surface area contributed by atoms with E-state index in [1.165, 1.54) is 0 Å². The summed E-state index contributed by atoms with van der Waals surface area (Å²) in [6.45, 7) is 2.85. The van der Waals surface area contributed by atoms with Crippen LogP contribution in [-0.4, -0.2) is 41.7 Å². The first kappa shape index (κ1) is 16.0. The van der Waals surface area contributed by atoms with Crippen molar-refractivity contribution in [2.45, 2.75) is 37.5 Å². The Morgan fingerprint density at radius 1 is 1.12 bits per heavy atom. The van der Waals surface area contributed by atoms with Crippen LogP contribution < -0.4 is 5.32 Å². The number of benzene rings is 1. The van der Waals surface area contributed by atoms with Crippen LogP contribution in [0.4, 0.5) is 0 Å². The smallest absolute Gasteiger partial charge is 0.247 e. The third-order valence-corrected chi connectivity index (χ3v) is 5.08. The lowest BCUT2D eigenvalue weighted by atomic mass is 9.86. The molecule has 1 unspecified atom stereocenters. The molecule has 4 rings (SSSR count). The van der Waals surface area contributed by atoms with Gasteiger partial charge < -0.3 is 19.2 Å². The number of halogens is 1. The fourth-order valence-corrected chi connectivity index (χ4v) is 3.61. The standard InChI is InChI=1S/C17H20ClN3O3/c18-13-3-1-12(2-4-13)16-21-20-15(24-16)11-19-14-5-8-23-17(14)6-9-22-10-7-17/h1-4,14,19H,5-11H2. The van der Waals surface area contributed by atoms with Crippen LogP contribution in [0.25, 0.3) is 11.5 Å². The molecule has 1 spiro atoms. The van der Waals surface area contributed by atoms with E-state index in [2.05, 4.69) is 15.5 Å². The lowest BCUT2D eigenvalue weighted by Crippen LogP contribution is -2.50. The fourth-order valence-electron chi connectivity index (χ4n) is 3.49. The number of nitrogens with one attached hydrogen (secondary N) is 1. The maximum atomic E-state index is 6.05. The Kier molecular flexibility index (Phi) is 4.54. The lowest BCUT2D eigenvalue weighted by Gasteiger charge is -2.37. The Morgan fingerprint density at radius 3 is 2.71 bits per heavy atom. The SMILES string of the molecule is Clc1ccc(-c2nnc(CNC3CCOC34CCOCC4)o2)cc1.